The molecule has 0 aliphatic rings. The van der Waals surface area contributed by atoms with E-state index in [-0.39, 0.29) is 11.7 Å². The van der Waals surface area contributed by atoms with Crippen molar-refractivity contribution in [1.82, 2.24) is 5.32 Å². The number of amides is 1. The molecule has 5 nitrogen and oxygen atoms in total. The molecule has 1 aromatic carbocycles. The molecule has 5 heteroatoms. The predicted octanol–water partition coefficient (Wildman–Crippen LogP) is 2.42. The molecule has 0 bridgehead atoms. The van der Waals surface area contributed by atoms with E-state index in [9.17, 15) is 9.90 Å². The highest BCUT2D eigenvalue weighted by Gasteiger charge is 2.17. The van der Waals surface area contributed by atoms with Crippen LogP contribution in [0.3, 0.4) is 0 Å². The largest absolute Gasteiger partial charge is 0.508 e. The van der Waals surface area contributed by atoms with Gasteiger partial charge in [-0.25, -0.2) is 4.79 Å². The van der Waals surface area contributed by atoms with Crippen LogP contribution in [0.4, 0.5) is 4.79 Å². The van der Waals surface area contributed by atoms with Gasteiger partial charge in [0, 0.05) is 6.54 Å². The average molecular weight is 294 g/mol. The van der Waals surface area contributed by atoms with Crippen LogP contribution in [-0.4, -0.2) is 29.9 Å². The number of carbonyl (C=O) groups is 1. The van der Waals surface area contributed by atoms with E-state index in [0.717, 1.165) is 18.4 Å². The summed E-state index contributed by atoms with van der Waals surface area (Å²) in [6.45, 7) is 6.50. The molecule has 1 amide bonds. The lowest BCUT2D eigenvalue weighted by molar-refractivity contribution is 0.0519. The Balaban J connectivity index is 2.34. The minimum atomic E-state index is -0.492. The van der Waals surface area contributed by atoms with Crippen LogP contribution in [0.2, 0.25) is 0 Å². The number of rotatable bonds is 6. The second-order valence-corrected chi connectivity index (χ2v) is 6.19. The van der Waals surface area contributed by atoms with Crippen molar-refractivity contribution >= 4 is 6.09 Å². The molecule has 21 heavy (non-hydrogen) atoms. The first kappa shape index (κ1) is 17.3. The molecule has 0 radical (unpaired) electrons. The van der Waals surface area contributed by atoms with Crippen molar-refractivity contribution in [3.63, 3.8) is 0 Å². The van der Waals surface area contributed by atoms with Gasteiger partial charge in [0.15, 0.2) is 0 Å². The van der Waals surface area contributed by atoms with Crippen LogP contribution in [0.15, 0.2) is 24.3 Å². The summed E-state index contributed by atoms with van der Waals surface area (Å²) in [6, 6.07) is 7.13. The topological polar surface area (TPSA) is 84.6 Å². The van der Waals surface area contributed by atoms with Gasteiger partial charge in [0.25, 0.3) is 0 Å². The van der Waals surface area contributed by atoms with Gasteiger partial charge in [0.2, 0.25) is 0 Å². The Morgan fingerprint density at radius 3 is 2.48 bits per heavy atom. The van der Waals surface area contributed by atoms with Gasteiger partial charge in [0.1, 0.15) is 11.4 Å². The number of nitrogens with two attached hydrogens (primary N) is 1. The van der Waals surface area contributed by atoms with Crippen LogP contribution in [0.25, 0.3) is 0 Å². The average Bonchev–Trinajstić information content (AvgIpc) is 2.39. The maximum atomic E-state index is 11.6. The minimum Gasteiger partial charge on any atom is -0.508 e. The summed E-state index contributed by atoms with van der Waals surface area (Å²) in [6.07, 6.45) is 1.32. The number of benzene rings is 1. The highest BCUT2D eigenvalue weighted by molar-refractivity contribution is 5.67. The first-order valence-electron chi connectivity index (χ1n) is 7.25. The summed E-state index contributed by atoms with van der Waals surface area (Å²) in [7, 11) is 0. The van der Waals surface area contributed by atoms with Crippen LogP contribution < -0.4 is 11.1 Å². The standard InChI is InChI=1S/C16H26N2O3/c1-16(2,3)21-15(20)18-11-13(10-17)5-4-12-6-8-14(19)9-7-12/h6-9,13,19H,4-5,10-11,17H2,1-3H3,(H,18,20). The van der Waals surface area contributed by atoms with Crippen LogP contribution in [0, 0.1) is 5.92 Å². The Bertz CT molecular complexity index is 438. The van der Waals surface area contributed by atoms with Gasteiger partial charge < -0.3 is 20.9 Å². The van der Waals surface area contributed by atoms with Crippen LogP contribution >= 0.6 is 0 Å². The zero-order chi connectivity index (χ0) is 15.9. The molecule has 0 aliphatic carbocycles. The van der Waals surface area contributed by atoms with Gasteiger partial charge in [-0.3, -0.25) is 0 Å². The van der Waals surface area contributed by atoms with Crippen molar-refractivity contribution in [3.05, 3.63) is 29.8 Å². The number of hydrogen-bond acceptors (Lipinski definition) is 4. The summed E-state index contributed by atoms with van der Waals surface area (Å²) < 4.78 is 5.19. The highest BCUT2D eigenvalue weighted by atomic mass is 16.6. The molecule has 1 aromatic rings. The first-order chi connectivity index (χ1) is 9.80. The van der Waals surface area contributed by atoms with Gasteiger partial charge >= 0.3 is 6.09 Å². The molecule has 1 unspecified atom stereocenters. The lowest BCUT2D eigenvalue weighted by Gasteiger charge is -2.21. The molecule has 0 spiro atoms. The van der Waals surface area contributed by atoms with Crippen molar-refractivity contribution in [1.29, 1.82) is 0 Å². The number of ether oxygens (including phenoxy) is 1. The zero-order valence-corrected chi connectivity index (χ0v) is 13.1. The quantitative estimate of drug-likeness (QED) is 0.752. The highest BCUT2D eigenvalue weighted by Crippen LogP contribution is 2.13. The van der Waals surface area contributed by atoms with Gasteiger partial charge in [0.05, 0.1) is 0 Å². The third-order valence-electron chi connectivity index (χ3n) is 3.04. The van der Waals surface area contributed by atoms with Crippen molar-refractivity contribution < 1.29 is 14.6 Å². The summed E-state index contributed by atoms with van der Waals surface area (Å²) in [5.74, 6) is 0.465. The lowest BCUT2D eigenvalue weighted by Crippen LogP contribution is -2.37. The summed E-state index contributed by atoms with van der Waals surface area (Å²) in [4.78, 5) is 11.6. The minimum absolute atomic E-state index is 0.200. The number of nitrogens with one attached hydrogen (secondary N) is 1. The molecule has 0 aliphatic heterocycles. The van der Waals surface area contributed by atoms with E-state index in [1.54, 1.807) is 12.1 Å². The fraction of sp³-hybridized carbons (Fsp3) is 0.562. The molecule has 0 aromatic heterocycles. The fourth-order valence-corrected chi connectivity index (χ4v) is 1.88. The molecular formula is C16H26N2O3. The van der Waals surface area contributed by atoms with E-state index in [0.29, 0.717) is 13.1 Å². The second-order valence-electron chi connectivity index (χ2n) is 6.19. The van der Waals surface area contributed by atoms with E-state index in [2.05, 4.69) is 5.32 Å². The zero-order valence-electron chi connectivity index (χ0n) is 13.1. The Morgan fingerprint density at radius 1 is 1.33 bits per heavy atom. The van der Waals surface area contributed by atoms with Crippen molar-refractivity contribution in [2.75, 3.05) is 13.1 Å². The van der Waals surface area contributed by atoms with Gasteiger partial charge in [-0.2, -0.15) is 0 Å². The molecule has 0 heterocycles. The van der Waals surface area contributed by atoms with E-state index in [1.165, 1.54) is 0 Å². The van der Waals surface area contributed by atoms with E-state index in [1.807, 2.05) is 32.9 Å². The Hall–Kier alpha value is -1.75. The predicted molar refractivity (Wildman–Crippen MR) is 83.2 cm³/mol. The fourth-order valence-electron chi connectivity index (χ4n) is 1.88. The van der Waals surface area contributed by atoms with E-state index < -0.39 is 11.7 Å². The summed E-state index contributed by atoms with van der Waals surface area (Å²) >= 11 is 0. The summed E-state index contributed by atoms with van der Waals surface area (Å²) in [5.41, 5.74) is 6.39. The third-order valence-corrected chi connectivity index (χ3v) is 3.04. The number of phenols is 1. The first-order valence-corrected chi connectivity index (χ1v) is 7.25. The van der Waals surface area contributed by atoms with Gasteiger partial charge in [-0.1, -0.05) is 12.1 Å². The van der Waals surface area contributed by atoms with Crippen molar-refractivity contribution in [2.45, 2.75) is 39.2 Å². The van der Waals surface area contributed by atoms with Crippen molar-refractivity contribution in [3.8, 4) is 5.75 Å². The van der Waals surface area contributed by atoms with Crippen molar-refractivity contribution in [2.24, 2.45) is 11.7 Å². The Kier molecular flexibility index (Phi) is 6.49. The number of aryl methyl sites for hydroxylation is 1. The third kappa shape index (κ3) is 7.56. The van der Waals surface area contributed by atoms with Gasteiger partial charge in [-0.05, 0) is 63.8 Å². The molecule has 0 saturated heterocycles. The lowest BCUT2D eigenvalue weighted by atomic mass is 9.99. The van der Waals surface area contributed by atoms with Crippen LogP contribution in [0.5, 0.6) is 5.75 Å². The number of hydrogen-bond donors (Lipinski definition) is 3. The smallest absolute Gasteiger partial charge is 0.407 e. The van der Waals surface area contributed by atoms with Gasteiger partial charge in [-0.15, -0.1) is 0 Å². The van der Waals surface area contributed by atoms with E-state index in [4.69, 9.17) is 10.5 Å². The van der Waals surface area contributed by atoms with Crippen LogP contribution in [0.1, 0.15) is 32.8 Å². The maximum Gasteiger partial charge on any atom is 0.407 e. The normalized spacial score (nSPS) is 12.8. The Labute approximate surface area is 126 Å². The number of aromatic hydroxyl groups is 1. The molecular weight excluding hydrogens is 268 g/mol. The van der Waals surface area contributed by atoms with E-state index >= 15 is 0 Å². The second kappa shape index (κ2) is 7.88. The SMILES string of the molecule is CC(C)(C)OC(=O)NCC(CN)CCc1ccc(O)cc1. The number of alkyl carbamates (subject to hydrolysis) is 1. The Morgan fingerprint density at radius 2 is 1.95 bits per heavy atom. The molecule has 0 saturated carbocycles. The molecule has 0 fully saturated rings. The molecule has 1 atom stereocenters. The maximum absolute atomic E-state index is 11.6. The number of phenolic OH excluding ortho intramolecular Hbond substituents is 1. The molecule has 4 N–H and O–H groups in total. The van der Waals surface area contributed by atoms with Crippen LogP contribution in [-0.2, 0) is 11.2 Å². The molecule has 1 rings (SSSR count). The monoisotopic (exact) mass is 294 g/mol. The number of carbonyl (C=O) groups excluding carboxylic acids is 1. The molecule has 118 valence electrons. The summed E-state index contributed by atoms with van der Waals surface area (Å²) in [5, 5.41) is 12.0.